The summed E-state index contributed by atoms with van der Waals surface area (Å²) in [7, 11) is 0. The molecule has 5 heterocycles. The Bertz CT molecular complexity index is 1320. The number of fused-ring (bicyclic) bond motifs is 2. The van der Waals surface area contributed by atoms with E-state index in [0.29, 0.717) is 29.6 Å². The molecule has 1 saturated carbocycles. The van der Waals surface area contributed by atoms with Crippen molar-refractivity contribution in [1.29, 1.82) is 0 Å². The summed E-state index contributed by atoms with van der Waals surface area (Å²) < 4.78 is 7.87. The molecule has 3 N–H and O–H groups in total. The molecule has 9 nitrogen and oxygen atoms in total. The fourth-order valence-electron chi connectivity index (χ4n) is 3.94. The van der Waals surface area contributed by atoms with E-state index in [1.54, 1.807) is 6.07 Å². The van der Waals surface area contributed by atoms with Gasteiger partial charge in [0.1, 0.15) is 12.1 Å². The van der Waals surface area contributed by atoms with E-state index in [1.807, 2.05) is 35.0 Å². The van der Waals surface area contributed by atoms with Crippen molar-refractivity contribution in [2.24, 2.45) is 0 Å². The Morgan fingerprint density at radius 1 is 1.23 bits per heavy atom. The fraction of sp³-hybridized carbons (Fsp3) is 0.273. The zero-order valence-electron chi connectivity index (χ0n) is 17.0. The molecule has 0 spiro atoms. The number of hydrogen-bond donors (Lipinski definition) is 3. The van der Waals surface area contributed by atoms with E-state index in [2.05, 4.69) is 37.7 Å². The van der Waals surface area contributed by atoms with Gasteiger partial charge in [0.2, 0.25) is 5.88 Å². The van der Waals surface area contributed by atoms with E-state index < -0.39 is 0 Å². The minimum Gasteiger partial charge on any atom is -0.437 e. The number of nitrogens with zero attached hydrogens (tertiary/aromatic N) is 4. The summed E-state index contributed by atoms with van der Waals surface area (Å²) in [6, 6.07) is 7.41. The van der Waals surface area contributed by atoms with Crippen molar-refractivity contribution in [2.75, 3.05) is 5.32 Å². The van der Waals surface area contributed by atoms with Crippen LogP contribution in [0.5, 0.6) is 11.6 Å². The minimum absolute atomic E-state index is 0.176. The number of ether oxygens (including phenoxy) is 1. The van der Waals surface area contributed by atoms with Crippen LogP contribution in [0.15, 0.2) is 43.0 Å². The number of anilines is 1. The van der Waals surface area contributed by atoms with Crippen LogP contribution in [0, 0.1) is 0 Å². The molecule has 0 unspecified atom stereocenters. The standard InChI is InChI=1S/C22H21N7O2/c1-22(5-6-22)18-8-19(28-27-18)26-20(30)14-4-7-29-11-13(2-3-17(14)29)31-21-15-9-23-10-16(15)24-12-25-21/h2-4,7-8,11-12,23H,5-6,9-10H2,1H3,(H2,26,27,28,30). The molecular weight excluding hydrogens is 394 g/mol. The summed E-state index contributed by atoms with van der Waals surface area (Å²) in [5.41, 5.74) is 4.54. The first-order valence-corrected chi connectivity index (χ1v) is 10.3. The van der Waals surface area contributed by atoms with Gasteiger partial charge < -0.3 is 19.8 Å². The van der Waals surface area contributed by atoms with E-state index in [-0.39, 0.29) is 11.3 Å². The number of carbonyl (C=O) groups is 1. The highest BCUT2D eigenvalue weighted by Crippen LogP contribution is 2.47. The maximum atomic E-state index is 12.8. The quantitative estimate of drug-likeness (QED) is 0.462. The predicted octanol–water partition coefficient (Wildman–Crippen LogP) is 3.15. The second-order valence-corrected chi connectivity index (χ2v) is 8.38. The number of aromatic amines is 1. The van der Waals surface area contributed by atoms with Crippen molar-refractivity contribution in [3.63, 3.8) is 0 Å². The van der Waals surface area contributed by atoms with E-state index in [0.717, 1.165) is 41.9 Å². The van der Waals surface area contributed by atoms with Gasteiger partial charge in [-0.25, -0.2) is 9.97 Å². The normalized spacial score (nSPS) is 16.3. The molecule has 0 saturated heterocycles. The van der Waals surface area contributed by atoms with Gasteiger partial charge in [0.15, 0.2) is 5.82 Å². The van der Waals surface area contributed by atoms with E-state index >= 15 is 0 Å². The maximum absolute atomic E-state index is 12.8. The average Bonchev–Trinajstić information content (AvgIpc) is 3.18. The Balaban J connectivity index is 1.23. The van der Waals surface area contributed by atoms with Crippen LogP contribution in [-0.4, -0.2) is 30.5 Å². The van der Waals surface area contributed by atoms with Gasteiger partial charge in [0.05, 0.1) is 28.5 Å². The summed E-state index contributed by atoms with van der Waals surface area (Å²) in [5, 5.41) is 13.4. The first-order chi connectivity index (χ1) is 15.1. The Hall–Kier alpha value is -3.72. The molecule has 4 aromatic heterocycles. The first-order valence-electron chi connectivity index (χ1n) is 10.3. The molecule has 0 bridgehead atoms. The number of carbonyl (C=O) groups excluding carboxylic acids is 1. The third-order valence-electron chi connectivity index (χ3n) is 6.15. The van der Waals surface area contributed by atoms with Crippen LogP contribution in [0.4, 0.5) is 5.82 Å². The van der Waals surface area contributed by atoms with Crippen LogP contribution >= 0.6 is 0 Å². The number of aromatic nitrogens is 5. The minimum atomic E-state index is -0.199. The SMILES string of the molecule is CC1(c2cc(NC(=O)c3ccn4cc(Oc5ncnc6c5CNC6)ccc34)n[nH]2)CC1. The Morgan fingerprint density at radius 3 is 3.00 bits per heavy atom. The third-order valence-corrected chi connectivity index (χ3v) is 6.15. The number of hydrogen-bond acceptors (Lipinski definition) is 6. The largest absolute Gasteiger partial charge is 0.437 e. The van der Waals surface area contributed by atoms with Crippen molar-refractivity contribution >= 4 is 17.2 Å². The van der Waals surface area contributed by atoms with Crippen molar-refractivity contribution in [3.8, 4) is 11.6 Å². The molecule has 156 valence electrons. The number of pyridine rings is 1. The van der Waals surface area contributed by atoms with Gasteiger partial charge in [-0.2, -0.15) is 5.10 Å². The smallest absolute Gasteiger partial charge is 0.259 e. The highest BCUT2D eigenvalue weighted by molar-refractivity contribution is 6.08. The molecule has 1 aliphatic heterocycles. The molecule has 9 heteroatoms. The third kappa shape index (κ3) is 3.14. The van der Waals surface area contributed by atoms with Crippen LogP contribution in [0.3, 0.4) is 0 Å². The second kappa shape index (κ2) is 6.64. The molecule has 2 aliphatic rings. The van der Waals surface area contributed by atoms with Gasteiger partial charge in [-0.05, 0) is 31.0 Å². The zero-order chi connectivity index (χ0) is 21.0. The highest BCUT2D eigenvalue weighted by Gasteiger charge is 2.40. The van der Waals surface area contributed by atoms with E-state index in [9.17, 15) is 4.79 Å². The Labute approximate surface area is 177 Å². The number of amides is 1. The lowest BCUT2D eigenvalue weighted by atomic mass is 10.1. The van der Waals surface area contributed by atoms with Gasteiger partial charge in [-0.15, -0.1) is 0 Å². The van der Waals surface area contributed by atoms with E-state index in [4.69, 9.17) is 4.74 Å². The van der Waals surface area contributed by atoms with E-state index in [1.165, 1.54) is 6.33 Å². The number of rotatable bonds is 5. The summed E-state index contributed by atoms with van der Waals surface area (Å²) >= 11 is 0. The van der Waals surface area contributed by atoms with Crippen LogP contribution in [0.2, 0.25) is 0 Å². The lowest BCUT2D eigenvalue weighted by molar-refractivity contribution is 0.102. The van der Waals surface area contributed by atoms with Gasteiger partial charge in [-0.1, -0.05) is 6.92 Å². The summed E-state index contributed by atoms with van der Waals surface area (Å²) in [6.07, 6.45) is 7.48. The highest BCUT2D eigenvalue weighted by atomic mass is 16.5. The molecule has 0 radical (unpaired) electrons. The summed E-state index contributed by atoms with van der Waals surface area (Å²) in [4.78, 5) is 21.4. The zero-order valence-corrected chi connectivity index (χ0v) is 17.0. The van der Waals surface area contributed by atoms with Gasteiger partial charge >= 0.3 is 0 Å². The average molecular weight is 415 g/mol. The number of H-pyrrole nitrogens is 1. The van der Waals surface area contributed by atoms with Gasteiger partial charge in [0.25, 0.3) is 5.91 Å². The molecule has 0 aromatic carbocycles. The lowest BCUT2D eigenvalue weighted by Crippen LogP contribution is -2.11. The van der Waals surface area contributed by atoms with Gasteiger partial charge in [0, 0.05) is 36.5 Å². The first kappa shape index (κ1) is 18.1. The van der Waals surface area contributed by atoms with Crippen LogP contribution < -0.4 is 15.4 Å². The molecule has 1 amide bonds. The summed E-state index contributed by atoms with van der Waals surface area (Å²) in [6.45, 7) is 3.61. The van der Waals surface area contributed by atoms with Crippen molar-refractivity contribution in [3.05, 3.63) is 65.5 Å². The maximum Gasteiger partial charge on any atom is 0.259 e. The predicted molar refractivity (Wildman–Crippen MR) is 113 cm³/mol. The lowest BCUT2D eigenvalue weighted by Gasteiger charge is -2.09. The van der Waals surface area contributed by atoms with Crippen LogP contribution in [0.1, 0.15) is 47.1 Å². The van der Waals surface area contributed by atoms with Crippen LogP contribution in [-0.2, 0) is 18.5 Å². The molecule has 0 atom stereocenters. The molecule has 1 aliphatic carbocycles. The summed E-state index contributed by atoms with van der Waals surface area (Å²) in [5.74, 6) is 1.53. The van der Waals surface area contributed by atoms with Crippen molar-refractivity contribution in [2.45, 2.75) is 38.3 Å². The van der Waals surface area contributed by atoms with Crippen molar-refractivity contribution in [1.82, 2.24) is 29.9 Å². The van der Waals surface area contributed by atoms with Crippen molar-refractivity contribution < 1.29 is 9.53 Å². The fourth-order valence-corrected chi connectivity index (χ4v) is 3.94. The Morgan fingerprint density at radius 2 is 2.13 bits per heavy atom. The molecule has 31 heavy (non-hydrogen) atoms. The van der Waals surface area contributed by atoms with Gasteiger partial charge in [-0.3, -0.25) is 9.89 Å². The topological polar surface area (TPSA) is 109 Å². The monoisotopic (exact) mass is 415 g/mol. The molecule has 4 aromatic rings. The molecule has 1 fully saturated rings. The Kier molecular flexibility index (Phi) is 3.87. The molecule has 6 rings (SSSR count). The molecular formula is C22H21N7O2. The second-order valence-electron chi connectivity index (χ2n) is 8.38. The number of nitrogens with one attached hydrogen (secondary N) is 3. The van der Waals surface area contributed by atoms with Crippen LogP contribution in [0.25, 0.3) is 5.52 Å².